The van der Waals surface area contributed by atoms with E-state index in [1.54, 1.807) is 18.3 Å². The van der Waals surface area contributed by atoms with E-state index in [1.807, 2.05) is 24.0 Å². The highest BCUT2D eigenvalue weighted by Crippen LogP contribution is 2.32. The van der Waals surface area contributed by atoms with Crippen LogP contribution in [0.3, 0.4) is 0 Å². The van der Waals surface area contributed by atoms with E-state index in [9.17, 15) is 10.2 Å². The third-order valence-electron chi connectivity index (χ3n) is 3.09. The number of aliphatic hydroxyl groups is 1. The average molecular weight is 230 g/mol. The maximum atomic E-state index is 9.75. The predicted octanol–water partition coefficient (Wildman–Crippen LogP) is 1.51. The van der Waals surface area contributed by atoms with Gasteiger partial charge in [-0.25, -0.2) is 4.98 Å². The first-order valence-electron chi connectivity index (χ1n) is 5.60. The van der Waals surface area contributed by atoms with Gasteiger partial charge < -0.3 is 15.1 Å². The lowest BCUT2D eigenvalue weighted by atomic mass is 9.96. The number of benzene rings is 1. The van der Waals surface area contributed by atoms with Gasteiger partial charge in [0.05, 0.1) is 5.60 Å². The molecule has 0 saturated carbocycles. The van der Waals surface area contributed by atoms with Crippen molar-refractivity contribution in [2.75, 3.05) is 18.0 Å². The molecule has 0 unspecified atom stereocenters. The lowest BCUT2D eigenvalue weighted by molar-refractivity contribution is 0.0307. The summed E-state index contributed by atoms with van der Waals surface area (Å²) in [5, 5.41) is 21.2. The Labute approximate surface area is 99.1 Å². The van der Waals surface area contributed by atoms with Gasteiger partial charge in [-0.15, -0.1) is 0 Å². The summed E-state index contributed by atoms with van der Waals surface area (Å²) in [6.45, 7) is 2.97. The Kier molecular flexibility index (Phi) is 2.03. The number of pyridine rings is 1. The molecular weight excluding hydrogens is 216 g/mol. The Morgan fingerprint density at radius 3 is 2.76 bits per heavy atom. The molecule has 17 heavy (non-hydrogen) atoms. The molecule has 0 amide bonds. The lowest BCUT2D eigenvalue weighted by Crippen LogP contribution is -2.60. The minimum atomic E-state index is -0.624. The summed E-state index contributed by atoms with van der Waals surface area (Å²) in [6.07, 6.45) is 1.75. The Morgan fingerprint density at radius 1 is 1.29 bits per heavy atom. The van der Waals surface area contributed by atoms with Crippen LogP contribution in [0.5, 0.6) is 5.75 Å². The van der Waals surface area contributed by atoms with Gasteiger partial charge in [-0.3, -0.25) is 0 Å². The zero-order chi connectivity index (χ0) is 12.0. The van der Waals surface area contributed by atoms with Crippen LogP contribution in [-0.4, -0.2) is 33.9 Å². The smallest absolute Gasteiger partial charge is 0.136 e. The first kappa shape index (κ1) is 10.4. The largest absolute Gasteiger partial charge is 0.508 e. The minimum Gasteiger partial charge on any atom is -0.508 e. The van der Waals surface area contributed by atoms with Crippen molar-refractivity contribution in [3.8, 4) is 5.75 Å². The van der Waals surface area contributed by atoms with Gasteiger partial charge in [0.15, 0.2) is 0 Å². The summed E-state index contributed by atoms with van der Waals surface area (Å²) in [5.41, 5.74) is -0.624. The molecule has 1 aliphatic rings. The van der Waals surface area contributed by atoms with Crippen molar-refractivity contribution in [3.05, 3.63) is 30.5 Å². The molecule has 1 aliphatic heterocycles. The number of hydrogen-bond donors (Lipinski definition) is 2. The number of anilines is 1. The van der Waals surface area contributed by atoms with Gasteiger partial charge in [0.1, 0.15) is 11.6 Å². The van der Waals surface area contributed by atoms with E-state index in [1.165, 1.54) is 0 Å². The molecule has 2 N–H and O–H groups in total. The first-order chi connectivity index (χ1) is 8.05. The minimum absolute atomic E-state index is 0.235. The van der Waals surface area contributed by atoms with Crippen LogP contribution in [0.2, 0.25) is 0 Å². The molecule has 0 spiro atoms. The second kappa shape index (κ2) is 3.34. The molecule has 2 heterocycles. The fourth-order valence-corrected chi connectivity index (χ4v) is 2.32. The lowest BCUT2D eigenvalue weighted by Gasteiger charge is -2.45. The SMILES string of the molecule is CC1(O)CN(c2nccc3ccc(O)cc23)C1. The van der Waals surface area contributed by atoms with Crippen LogP contribution < -0.4 is 4.90 Å². The highest BCUT2D eigenvalue weighted by atomic mass is 16.3. The molecule has 2 aromatic rings. The molecule has 3 rings (SSSR count). The van der Waals surface area contributed by atoms with Crippen LogP contribution in [0.25, 0.3) is 10.8 Å². The Balaban J connectivity index is 2.08. The highest BCUT2D eigenvalue weighted by Gasteiger charge is 2.37. The molecule has 4 heteroatoms. The van der Waals surface area contributed by atoms with E-state index in [2.05, 4.69) is 4.98 Å². The van der Waals surface area contributed by atoms with Crippen molar-refractivity contribution in [2.45, 2.75) is 12.5 Å². The van der Waals surface area contributed by atoms with E-state index < -0.39 is 5.60 Å². The van der Waals surface area contributed by atoms with Crippen LogP contribution in [0.1, 0.15) is 6.92 Å². The molecule has 1 saturated heterocycles. The van der Waals surface area contributed by atoms with Gasteiger partial charge in [-0.2, -0.15) is 0 Å². The van der Waals surface area contributed by atoms with Crippen molar-refractivity contribution < 1.29 is 10.2 Å². The fraction of sp³-hybridized carbons (Fsp3) is 0.308. The van der Waals surface area contributed by atoms with Gasteiger partial charge >= 0.3 is 0 Å². The van der Waals surface area contributed by atoms with E-state index >= 15 is 0 Å². The van der Waals surface area contributed by atoms with Crippen LogP contribution in [0.4, 0.5) is 5.82 Å². The number of fused-ring (bicyclic) bond motifs is 1. The average Bonchev–Trinajstić information content (AvgIpc) is 2.25. The maximum Gasteiger partial charge on any atom is 0.136 e. The molecule has 4 nitrogen and oxygen atoms in total. The number of hydrogen-bond acceptors (Lipinski definition) is 4. The second-order valence-corrected chi connectivity index (χ2v) is 4.89. The van der Waals surface area contributed by atoms with Gasteiger partial charge in [0, 0.05) is 24.7 Å². The quantitative estimate of drug-likeness (QED) is 0.779. The fourth-order valence-electron chi connectivity index (χ4n) is 2.32. The molecular formula is C13H14N2O2. The highest BCUT2D eigenvalue weighted by molar-refractivity contribution is 5.93. The summed E-state index contributed by atoms with van der Waals surface area (Å²) >= 11 is 0. The standard InChI is InChI=1S/C13H14N2O2/c1-13(17)7-15(8-13)12-11-6-10(16)3-2-9(11)4-5-14-12/h2-6,16-17H,7-8H2,1H3. The summed E-state index contributed by atoms with van der Waals surface area (Å²) in [5.74, 6) is 1.06. The summed E-state index contributed by atoms with van der Waals surface area (Å²) in [7, 11) is 0. The second-order valence-electron chi connectivity index (χ2n) is 4.89. The molecule has 0 atom stereocenters. The van der Waals surface area contributed by atoms with Gasteiger partial charge in [-0.1, -0.05) is 6.07 Å². The number of aromatic hydroxyl groups is 1. The van der Waals surface area contributed by atoms with Gasteiger partial charge in [0.25, 0.3) is 0 Å². The molecule has 88 valence electrons. The van der Waals surface area contributed by atoms with Crippen molar-refractivity contribution in [2.24, 2.45) is 0 Å². The zero-order valence-electron chi connectivity index (χ0n) is 9.59. The monoisotopic (exact) mass is 230 g/mol. The number of phenolic OH excluding ortho intramolecular Hbond substituents is 1. The molecule has 1 fully saturated rings. The zero-order valence-corrected chi connectivity index (χ0v) is 9.59. The Hall–Kier alpha value is -1.81. The molecule has 0 radical (unpaired) electrons. The Morgan fingerprint density at radius 2 is 2.06 bits per heavy atom. The van der Waals surface area contributed by atoms with E-state index in [0.29, 0.717) is 13.1 Å². The maximum absolute atomic E-state index is 9.75. The van der Waals surface area contributed by atoms with Crippen molar-refractivity contribution in [1.82, 2.24) is 4.98 Å². The van der Waals surface area contributed by atoms with Crippen LogP contribution in [0.15, 0.2) is 30.5 Å². The molecule has 1 aromatic heterocycles. The van der Waals surface area contributed by atoms with Crippen molar-refractivity contribution >= 4 is 16.6 Å². The Bertz CT molecular complexity index is 573. The molecule has 0 bridgehead atoms. The van der Waals surface area contributed by atoms with Gasteiger partial charge in [-0.05, 0) is 30.5 Å². The van der Waals surface area contributed by atoms with Crippen LogP contribution >= 0.6 is 0 Å². The number of aromatic nitrogens is 1. The number of β-amino-alcohol motifs (C(OH)–C–C–N with tert-alkyl or cyclic N) is 1. The molecule has 0 aliphatic carbocycles. The third-order valence-corrected chi connectivity index (χ3v) is 3.09. The third kappa shape index (κ3) is 1.70. The number of rotatable bonds is 1. The topological polar surface area (TPSA) is 56.6 Å². The predicted molar refractivity (Wildman–Crippen MR) is 66.2 cm³/mol. The van der Waals surface area contributed by atoms with E-state index in [-0.39, 0.29) is 5.75 Å². The summed E-state index contributed by atoms with van der Waals surface area (Å²) in [6, 6.07) is 7.16. The number of phenols is 1. The van der Waals surface area contributed by atoms with Crippen LogP contribution in [-0.2, 0) is 0 Å². The van der Waals surface area contributed by atoms with Crippen molar-refractivity contribution in [1.29, 1.82) is 0 Å². The van der Waals surface area contributed by atoms with Crippen LogP contribution in [0, 0.1) is 0 Å². The summed E-state index contributed by atoms with van der Waals surface area (Å²) in [4.78, 5) is 6.35. The first-order valence-corrected chi connectivity index (χ1v) is 5.60. The van der Waals surface area contributed by atoms with Crippen molar-refractivity contribution in [3.63, 3.8) is 0 Å². The van der Waals surface area contributed by atoms with E-state index in [4.69, 9.17) is 0 Å². The molecule has 1 aromatic carbocycles. The van der Waals surface area contributed by atoms with Gasteiger partial charge in [0.2, 0.25) is 0 Å². The number of nitrogens with zero attached hydrogens (tertiary/aromatic N) is 2. The summed E-state index contributed by atoms with van der Waals surface area (Å²) < 4.78 is 0. The van der Waals surface area contributed by atoms with E-state index in [0.717, 1.165) is 16.6 Å². The normalized spacial score (nSPS) is 18.1.